The molecule has 8 aromatic rings. The van der Waals surface area contributed by atoms with Crippen LogP contribution in [-0.4, -0.2) is 0 Å². The predicted octanol–water partition coefficient (Wildman–Crippen LogP) is 11.7. The molecule has 0 atom stereocenters. The lowest BCUT2D eigenvalue weighted by atomic mass is 9.67. The Morgan fingerprint density at radius 2 is 0.822 bits per heavy atom. The smallest absolute Gasteiger partial charge is 0.0622 e. The van der Waals surface area contributed by atoms with Crippen LogP contribution in [0, 0.1) is 0 Å². The molecule has 0 saturated carbocycles. The highest BCUT2D eigenvalue weighted by atomic mass is 14.5. The molecule has 0 radical (unpaired) electrons. The van der Waals surface area contributed by atoms with Crippen LogP contribution in [0.3, 0.4) is 0 Å². The molecule has 0 heteroatoms. The van der Waals surface area contributed by atoms with Crippen molar-refractivity contribution in [2.24, 2.45) is 0 Å². The van der Waals surface area contributed by atoms with Crippen LogP contribution in [0.4, 0.5) is 0 Å². The summed E-state index contributed by atoms with van der Waals surface area (Å²) in [5.41, 5.74) is 12.5. The van der Waals surface area contributed by atoms with Gasteiger partial charge in [0.25, 0.3) is 0 Å². The summed E-state index contributed by atoms with van der Waals surface area (Å²) in [6.07, 6.45) is 0. The number of rotatable bonds is 4. The van der Waals surface area contributed by atoms with Crippen LogP contribution in [0.15, 0.2) is 182 Å². The lowest BCUT2D eigenvalue weighted by Crippen LogP contribution is -2.28. The summed E-state index contributed by atoms with van der Waals surface area (Å²) in [7, 11) is 0. The molecule has 0 saturated heterocycles. The average Bonchev–Trinajstić information content (AvgIpc) is 3.42. The lowest BCUT2D eigenvalue weighted by Gasteiger charge is -2.34. The van der Waals surface area contributed by atoms with E-state index in [9.17, 15) is 0 Å². The molecule has 0 amide bonds. The van der Waals surface area contributed by atoms with Crippen molar-refractivity contribution in [3.8, 4) is 33.4 Å². The molecule has 1 aliphatic rings. The highest BCUT2D eigenvalue weighted by molar-refractivity contribution is 6.12. The molecular formula is C45H30. The minimum Gasteiger partial charge on any atom is -0.0622 e. The summed E-state index contributed by atoms with van der Waals surface area (Å²) in [4.78, 5) is 0. The molecule has 0 bridgehead atoms. The largest absolute Gasteiger partial charge is 0.0713 e. The first-order chi connectivity index (χ1) is 22.3. The lowest BCUT2D eigenvalue weighted by molar-refractivity contribution is 0.768. The van der Waals surface area contributed by atoms with Crippen LogP contribution in [0.1, 0.15) is 22.3 Å². The molecule has 9 rings (SSSR count). The molecule has 0 N–H and O–H groups in total. The molecule has 0 heterocycles. The Morgan fingerprint density at radius 3 is 1.47 bits per heavy atom. The summed E-state index contributed by atoms with van der Waals surface area (Å²) in [6, 6.07) is 67.0. The molecule has 210 valence electrons. The van der Waals surface area contributed by atoms with Crippen molar-refractivity contribution in [2.45, 2.75) is 5.41 Å². The topological polar surface area (TPSA) is 0 Å². The van der Waals surface area contributed by atoms with Crippen molar-refractivity contribution in [1.29, 1.82) is 0 Å². The minimum atomic E-state index is -0.378. The third-order valence-electron chi connectivity index (χ3n) is 9.73. The van der Waals surface area contributed by atoms with E-state index in [1.165, 1.54) is 77.2 Å². The minimum absolute atomic E-state index is 0.378. The normalized spacial score (nSPS) is 13.1. The van der Waals surface area contributed by atoms with E-state index in [-0.39, 0.29) is 5.41 Å². The second-order valence-corrected chi connectivity index (χ2v) is 12.1. The van der Waals surface area contributed by atoms with E-state index < -0.39 is 0 Å². The Balaban J connectivity index is 1.21. The third kappa shape index (κ3) is 3.86. The fourth-order valence-electron chi connectivity index (χ4n) is 7.80. The molecule has 1 aliphatic carbocycles. The third-order valence-corrected chi connectivity index (χ3v) is 9.73. The van der Waals surface area contributed by atoms with Gasteiger partial charge in [0.05, 0.1) is 5.41 Å². The second-order valence-electron chi connectivity index (χ2n) is 12.1. The maximum Gasteiger partial charge on any atom is 0.0713 e. The first-order valence-corrected chi connectivity index (χ1v) is 15.7. The van der Waals surface area contributed by atoms with Crippen molar-refractivity contribution in [2.75, 3.05) is 0 Å². The molecule has 0 nitrogen and oxygen atoms in total. The standard InChI is InChI=1S/C45H30/c1-2-17-36(18-3-1)45(42-23-10-8-21-40(42)41-22-9-11-24-43(41)45)37-27-25-31(26-28-37)32-15-12-16-35(29-32)44-38-19-6-4-13-33(38)30-34-14-5-7-20-39(34)44/h1-30H. The molecule has 0 aromatic heterocycles. The van der Waals surface area contributed by atoms with Crippen LogP contribution < -0.4 is 0 Å². The SMILES string of the molecule is c1ccc(C2(c3ccc(-c4cccc(-c5c6ccccc6cc6ccccc56)c4)cc3)c3ccccc3-c3ccccc32)cc1. The van der Waals surface area contributed by atoms with Gasteiger partial charge < -0.3 is 0 Å². The van der Waals surface area contributed by atoms with Gasteiger partial charge in [0, 0.05) is 0 Å². The van der Waals surface area contributed by atoms with Gasteiger partial charge in [-0.2, -0.15) is 0 Å². The van der Waals surface area contributed by atoms with Gasteiger partial charge in [-0.05, 0) is 89.3 Å². The van der Waals surface area contributed by atoms with Crippen molar-refractivity contribution < 1.29 is 0 Å². The summed E-state index contributed by atoms with van der Waals surface area (Å²) in [6.45, 7) is 0. The van der Waals surface area contributed by atoms with Gasteiger partial charge in [0.15, 0.2) is 0 Å². The highest BCUT2D eigenvalue weighted by Crippen LogP contribution is 2.56. The quantitative estimate of drug-likeness (QED) is 0.185. The van der Waals surface area contributed by atoms with Crippen molar-refractivity contribution >= 4 is 21.5 Å². The molecule has 8 aromatic carbocycles. The Bertz CT molecular complexity index is 2260. The van der Waals surface area contributed by atoms with Gasteiger partial charge in [-0.25, -0.2) is 0 Å². The maximum atomic E-state index is 2.36. The Kier molecular flexibility index (Phi) is 5.83. The van der Waals surface area contributed by atoms with E-state index in [1.54, 1.807) is 0 Å². The van der Waals surface area contributed by atoms with Crippen molar-refractivity contribution in [1.82, 2.24) is 0 Å². The summed E-state index contributed by atoms with van der Waals surface area (Å²) in [5.74, 6) is 0. The van der Waals surface area contributed by atoms with Crippen LogP contribution >= 0.6 is 0 Å². The highest BCUT2D eigenvalue weighted by Gasteiger charge is 2.45. The average molecular weight is 571 g/mol. The summed E-state index contributed by atoms with van der Waals surface area (Å²) >= 11 is 0. The Morgan fingerprint density at radius 1 is 0.311 bits per heavy atom. The van der Waals surface area contributed by atoms with E-state index >= 15 is 0 Å². The molecule has 0 spiro atoms. The number of benzene rings is 8. The molecular weight excluding hydrogens is 540 g/mol. The second kappa shape index (κ2) is 10.2. The zero-order valence-electron chi connectivity index (χ0n) is 24.8. The summed E-state index contributed by atoms with van der Waals surface area (Å²) in [5, 5.41) is 5.10. The van der Waals surface area contributed by atoms with E-state index in [4.69, 9.17) is 0 Å². The van der Waals surface area contributed by atoms with Gasteiger partial charge in [0.1, 0.15) is 0 Å². The van der Waals surface area contributed by atoms with E-state index in [0.717, 1.165) is 0 Å². The van der Waals surface area contributed by atoms with Gasteiger partial charge in [0.2, 0.25) is 0 Å². The maximum absolute atomic E-state index is 2.36. The Hall–Kier alpha value is -5.72. The molecule has 0 aliphatic heterocycles. The fraction of sp³-hybridized carbons (Fsp3) is 0.0222. The van der Waals surface area contributed by atoms with E-state index in [2.05, 4.69) is 182 Å². The number of hydrogen-bond acceptors (Lipinski definition) is 0. The molecule has 45 heavy (non-hydrogen) atoms. The van der Waals surface area contributed by atoms with Crippen LogP contribution in [-0.2, 0) is 5.41 Å². The van der Waals surface area contributed by atoms with Gasteiger partial charge in [-0.3, -0.25) is 0 Å². The zero-order chi connectivity index (χ0) is 29.8. The molecule has 0 unspecified atom stereocenters. The number of hydrogen-bond donors (Lipinski definition) is 0. The van der Waals surface area contributed by atoms with Crippen molar-refractivity contribution in [3.05, 3.63) is 204 Å². The van der Waals surface area contributed by atoms with Crippen LogP contribution in [0.2, 0.25) is 0 Å². The predicted molar refractivity (Wildman–Crippen MR) is 190 cm³/mol. The van der Waals surface area contributed by atoms with Gasteiger partial charge in [-0.15, -0.1) is 0 Å². The first-order valence-electron chi connectivity index (χ1n) is 15.7. The van der Waals surface area contributed by atoms with Crippen molar-refractivity contribution in [3.63, 3.8) is 0 Å². The first kappa shape index (κ1) is 25.7. The Labute approximate surface area is 263 Å². The summed E-state index contributed by atoms with van der Waals surface area (Å²) < 4.78 is 0. The fourth-order valence-corrected chi connectivity index (χ4v) is 7.80. The molecule has 0 fully saturated rings. The van der Waals surface area contributed by atoms with E-state index in [0.29, 0.717) is 0 Å². The van der Waals surface area contributed by atoms with Gasteiger partial charge >= 0.3 is 0 Å². The van der Waals surface area contributed by atoms with E-state index in [1.807, 2.05) is 0 Å². The van der Waals surface area contributed by atoms with Crippen LogP contribution in [0.5, 0.6) is 0 Å². The van der Waals surface area contributed by atoms with Gasteiger partial charge in [-0.1, -0.05) is 170 Å². The number of fused-ring (bicyclic) bond motifs is 5. The monoisotopic (exact) mass is 570 g/mol. The van der Waals surface area contributed by atoms with Crippen LogP contribution in [0.25, 0.3) is 54.9 Å². The zero-order valence-corrected chi connectivity index (χ0v) is 24.8.